The van der Waals surface area contributed by atoms with Crippen LogP contribution >= 0.6 is 11.6 Å². The molecule has 2 heteroatoms. The van der Waals surface area contributed by atoms with Gasteiger partial charge in [-0.2, -0.15) is 0 Å². The lowest BCUT2D eigenvalue weighted by Crippen LogP contribution is -2.11. The van der Waals surface area contributed by atoms with Crippen LogP contribution in [0, 0.1) is 0 Å². The third-order valence-electron chi connectivity index (χ3n) is 3.44. The highest BCUT2D eigenvalue weighted by Gasteiger charge is 2.19. The minimum Gasteiger partial charge on any atom is -0.294 e. The molecule has 0 N–H and O–H groups in total. The zero-order valence-electron chi connectivity index (χ0n) is 9.95. The summed E-state index contributed by atoms with van der Waals surface area (Å²) in [6.07, 6.45) is 2.60. The Hall–Kier alpha value is -1.60. The molecule has 0 saturated carbocycles. The molecule has 0 fully saturated rings. The molecule has 2 aromatic carbocycles. The molecule has 2 aromatic rings. The van der Waals surface area contributed by atoms with Gasteiger partial charge in [0.05, 0.1) is 0 Å². The molecule has 3 rings (SSSR count). The number of halogens is 1. The number of hydrogen-bond donors (Lipinski definition) is 0. The Morgan fingerprint density at radius 3 is 2.56 bits per heavy atom. The summed E-state index contributed by atoms with van der Waals surface area (Å²) < 4.78 is 0. The van der Waals surface area contributed by atoms with Crippen LogP contribution in [0.25, 0.3) is 11.1 Å². The summed E-state index contributed by atoms with van der Waals surface area (Å²) in [6.45, 7) is 0. The number of Topliss-reactive ketones (excluding diaryl/α,β-unsaturated/α-hetero) is 1. The van der Waals surface area contributed by atoms with Crippen molar-refractivity contribution in [3.05, 3.63) is 58.6 Å². The third-order valence-corrected chi connectivity index (χ3v) is 3.68. The zero-order valence-corrected chi connectivity index (χ0v) is 10.7. The molecular formula is C16H13ClO. The van der Waals surface area contributed by atoms with E-state index in [4.69, 9.17) is 11.6 Å². The summed E-state index contributed by atoms with van der Waals surface area (Å²) in [5, 5.41) is 0.729. The van der Waals surface area contributed by atoms with Gasteiger partial charge in [-0.05, 0) is 41.7 Å². The molecule has 0 heterocycles. The van der Waals surface area contributed by atoms with Gasteiger partial charge in [-0.1, -0.05) is 41.9 Å². The molecule has 1 aliphatic rings. The maximum atomic E-state index is 11.9. The van der Waals surface area contributed by atoms with Gasteiger partial charge in [-0.3, -0.25) is 4.79 Å². The number of carbonyl (C=O) groups is 1. The van der Waals surface area contributed by atoms with Crippen molar-refractivity contribution in [2.24, 2.45) is 0 Å². The Kier molecular flexibility index (Phi) is 2.92. The zero-order chi connectivity index (χ0) is 12.5. The number of ketones is 1. The average Bonchev–Trinajstić information content (AvgIpc) is 2.39. The van der Waals surface area contributed by atoms with Crippen LogP contribution in [0.1, 0.15) is 28.8 Å². The van der Waals surface area contributed by atoms with Crippen LogP contribution in [0.4, 0.5) is 0 Å². The molecule has 0 spiro atoms. The van der Waals surface area contributed by atoms with Crippen LogP contribution < -0.4 is 0 Å². The van der Waals surface area contributed by atoms with E-state index in [9.17, 15) is 4.79 Å². The van der Waals surface area contributed by atoms with Crippen LogP contribution in [-0.2, 0) is 6.42 Å². The smallest absolute Gasteiger partial charge is 0.163 e. The molecule has 90 valence electrons. The number of rotatable bonds is 1. The van der Waals surface area contributed by atoms with Crippen molar-refractivity contribution < 1.29 is 4.79 Å². The molecular weight excluding hydrogens is 244 g/mol. The first kappa shape index (κ1) is 11.5. The molecule has 0 unspecified atom stereocenters. The van der Waals surface area contributed by atoms with Gasteiger partial charge in [0.2, 0.25) is 0 Å². The molecule has 0 aromatic heterocycles. The highest BCUT2D eigenvalue weighted by Crippen LogP contribution is 2.32. The van der Waals surface area contributed by atoms with Crippen molar-refractivity contribution >= 4 is 17.4 Å². The van der Waals surface area contributed by atoms with Crippen molar-refractivity contribution in [2.75, 3.05) is 0 Å². The Labute approximate surface area is 111 Å². The molecule has 0 atom stereocenters. The van der Waals surface area contributed by atoms with Gasteiger partial charge >= 0.3 is 0 Å². The van der Waals surface area contributed by atoms with E-state index >= 15 is 0 Å². The van der Waals surface area contributed by atoms with E-state index in [-0.39, 0.29) is 5.78 Å². The van der Waals surface area contributed by atoms with E-state index in [0.29, 0.717) is 6.42 Å². The van der Waals surface area contributed by atoms with Crippen LogP contribution in [-0.4, -0.2) is 5.78 Å². The van der Waals surface area contributed by atoms with E-state index in [1.54, 1.807) is 0 Å². The van der Waals surface area contributed by atoms with Crippen molar-refractivity contribution in [1.29, 1.82) is 0 Å². The number of benzene rings is 2. The monoisotopic (exact) mass is 256 g/mol. The lowest BCUT2D eigenvalue weighted by Gasteiger charge is -2.18. The molecule has 0 aliphatic heterocycles. The van der Waals surface area contributed by atoms with Crippen LogP contribution in [0.15, 0.2) is 42.5 Å². The molecule has 0 amide bonds. The summed E-state index contributed by atoms with van der Waals surface area (Å²) in [4.78, 5) is 11.9. The summed E-state index contributed by atoms with van der Waals surface area (Å²) in [6, 6.07) is 13.8. The van der Waals surface area contributed by atoms with Crippen molar-refractivity contribution in [1.82, 2.24) is 0 Å². The summed E-state index contributed by atoms with van der Waals surface area (Å²) in [5.74, 6) is 0.264. The van der Waals surface area contributed by atoms with Crippen molar-refractivity contribution in [3.8, 4) is 11.1 Å². The van der Waals surface area contributed by atoms with Gasteiger partial charge in [0.1, 0.15) is 0 Å². The average molecular weight is 257 g/mol. The van der Waals surface area contributed by atoms with Crippen LogP contribution in [0.2, 0.25) is 5.02 Å². The van der Waals surface area contributed by atoms with Gasteiger partial charge in [-0.25, -0.2) is 0 Å². The molecule has 0 saturated heterocycles. The second-order valence-corrected chi connectivity index (χ2v) is 5.06. The molecule has 0 radical (unpaired) electrons. The lowest BCUT2D eigenvalue weighted by molar-refractivity contribution is 0.0972. The van der Waals surface area contributed by atoms with E-state index in [2.05, 4.69) is 6.07 Å². The standard InChI is InChI=1S/C16H13ClO/c17-12-5-1-4-11(10-12)13-6-2-8-15-14(13)7-3-9-16(15)18/h1-2,4-6,8,10H,3,7,9H2. The predicted molar refractivity (Wildman–Crippen MR) is 74.2 cm³/mol. The Morgan fingerprint density at radius 1 is 0.944 bits per heavy atom. The SMILES string of the molecule is O=C1CCCc2c1cccc2-c1cccc(Cl)c1. The quantitative estimate of drug-likeness (QED) is 0.733. The normalized spacial score (nSPS) is 14.4. The minimum absolute atomic E-state index is 0.264. The number of carbonyl (C=O) groups excluding carboxylic acids is 1. The van der Waals surface area contributed by atoms with Gasteiger partial charge < -0.3 is 0 Å². The molecule has 18 heavy (non-hydrogen) atoms. The second kappa shape index (κ2) is 4.58. The van der Waals surface area contributed by atoms with Gasteiger partial charge in [-0.15, -0.1) is 0 Å². The van der Waals surface area contributed by atoms with E-state index < -0.39 is 0 Å². The Bertz CT molecular complexity index is 616. The maximum absolute atomic E-state index is 11.9. The molecule has 1 aliphatic carbocycles. The Balaban J connectivity index is 2.19. The minimum atomic E-state index is 0.264. The fourth-order valence-electron chi connectivity index (χ4n) is 2.60. The van der Waals surface area contributed by atoms with Crippen LogP contribution in [0.3, 0.4) is 0 Å². The first-order chi connectivity index (χ1) is 8.75. The van der Waals surface area contributed by atoms with Gasteiger partial charge in [0, 0.05) is 17.0 Å². The van der Waals surface area contributed by atoms with E-state index in [0.717, 1.165) is 34.6 Å². The predicted octanol–water partition coefficient (Wildman–Crippen LogP) is 4.53. The Morgan fingerprint density at radius 2 is 1.72 bits per heavy atom. The first-order valence-electron chi connectivity index (χ1n) is 6.17. The molecule has 0 bridgehead atoms. The number of hydrogen-bond acceptors (Lipinski definition) is 1. The van der Waals surface area contributed by atoms with Gasteiger partial charge in [0.15, 0.2) is 5.78 Å². The highest BCUT2D eigenvalue weighted by atomic mass is 35.5. The van der Waals surface area contributed by atoms with E-state index in [1.165, 1.54) is 5.56 Å². The van der Waals surface area contributed by atoms with E-state index in [1.807, 2.05) is 36.4 Å². The largest absolute Gasteiger partial charge is 0.294 e. The first-order valence-corrected chi connectivity index (χ1v) is 6.54. The van der Waals surface area contributed by atoms with Crippen LogP contribution in [0.5, 0.6) is 0 Å². The van der Waals surface area contributed by atoms with Gasteiger partial charge in [0.25, 0.3) is 0 Å². The summed E-state index contributed by atoms with van der Waals surface area (Å²) in [7, 11) is 0. The number of fused-ring (bicyclic) bond motifs is 1. The second-order valence-electron chi connectivity index (χ2n) is 4.62. The fraction of sp³-hybridized carbons (Fsp3) is 0.188. The highest BCUT2D eigenvalue weighted by molar-refractivity contribution is 6.30. The lowest BCUT2D eigenvalue weighted by atomic mass is 9.85. The molecule has 1 nitrogen and oxygen atoms in total. The summed E-state index contributed by atoms with van der Waals surface area (Å²) in [5.41, 5.74) is 4.30. The van der Waals surface area contributed by atoms with Crippen molar-refractivity contribution in [3.63, 3.8) is 0 Å². The topological polar surface area (TPSA) is 17.1 Å². The van der Waals surface area contributed by atoms with Crippen molar-refractivity contribution in [2.45, 2.75) is 19.3 Å². The fourth-order valence-corrected chi connectivity index (χ4v) is 2.79. The third kappa shape index (κ3) is 1.95. The summed E-state index contributed by atoms with van der Waals surface area (Å²) >= 11 is 6.04. The maximum Gasteiger partial charge on any atom is 0.163 e.